The zero-order valence-corrected chi connectivity index (χ0v) is 14.0. The topological polar surface area (TPSA) is 56.8 Å². The van der Waals surface area contributed by atoms with Crippen LogP contribution in [0.3, 0.4) is 0 Å². The smallest absolute Gasteiger partial charge is 0.243 e. The molecule has 0 fully saturated rings. The summed E-state index contributed by atoms with van der Waals surface area (Å²) in [5, 5.41) is 1.95. The second-order valence-corrected chi connectivity index (χ2v) is 5.99. The Labute approximate surface area is 130 Å². The molecule has 1 rings (SSSR count). The second kappa shape index (κ2) is 6.89. The number of rotatable bonds is 5. The second-order valence-electron chi connectivity index (χ2n) is 5.55. The van der Waals surface area contributed by atoms with Crippen LogP contribution < -0.4 is 19.5 Å². The third-order valence-corrected chi connectivity index (χ3v) is 3.17. The lowest BCUT2D eigenvalue weighted by Gasteiger charge is -2.23. The molecule has 1 aromatic rings. The van der Waals surface area contributed by atoms with Crippen molar-refractivity contribution in [3.05, 3.63) is 17.7 Å². The third-order valence-electron chi connectivity index (χ3n) is 2.74. The quantitative estimate of drug-likeness (QED) is 0.849. The van der Waals surface area contributed by atoms with Gasteiger partial charge in [0.05, 0.1) is 21.3 Å². The van der Waals surface area contributed by atoms with Gasteiger partial charge in [-0.25, -0.2) is 0 Å². The monoisotopic (exact) mass is 315 g/mol. The predicted octanol–water partition coefficient (Wildman–Crippen LogP) is 2.91. The first-order chi connectivity index (χ1) is 9.73. The van der Waals surface area contributed by atoms with Crippen molar-refractivity contribution >= 4 is 17.5 Å². The van der Waals surface area contributed by atoms with Crippen LogP contribution in [0.1, 0.15) is 31.7 Å². The molecule has 0 bridgehead atoms. The Morgan fingerprint density at radius 3 is 1.95 bits per heavy atom. The van der Waals surface area contributed by atoms with Crippen LogP contribution in [0.15, 0.2) is 12.1 Å². The van der Waals surface area contributed by atoms with Gasteiger partial charge in [-0.3, -0.25) is 4.79 Å². The fourth-order valence-electron chi connectivity index (χ4n) is 1.83. The van der Waals surface area contributed by atoms with Crippen LogP contribution in [0.2, 0.25) is 0 Å². The van der Waals surface area contributed by atoms with Gasteiger partial charge < -0.3 is 19.5 Å². The molecule has 0 aliphatic rings. The van der Waals surface area contributed by atoms with Gasteiger partial charge in [0.1, 0.15) is 11.1 Å². The van der Waals surface area contributed by atoms with E-state index in [1.54, 1.807) is 12.1 Å². The molecule has 0 saturated carbocycles. The minimum atomic E-state index is -0.890. The standard InChI is InChI=1S/C15H22ClNO4/c1-15(2,3)17-14(18)13(16)9-7-11(20-5)12(21-6)8-10(9)19-4/h7-8,13H,1-6H3,(H,17,18). The average molecular weight is 316 g/mol. The lowest BCUT2D eigenvalue weighted by molar-refractivity contribution is -0.122. The summed E-state index contributed by atoms with van der Waals surface area (Å²) in [5.41, 5.74) is 0.159. The summed E-state index contributed by atoms with van der Waals surface area (Å²) in [6.07, 6.45) is 0. The Morgan fingerprint density at radius 2 is 1.52 bits per heavy atom. The van der Waals surface area contributed by atoms with E-state index in [4.69, 9.17) is 25.8 Å². The summed E-state index contributed by atoms with van der Waals surface area (Å²) in [4.78, 5) is 12.2. The van der Waals surface area contributed by atoms with E-state index in [2.05, 4.69) is 5.32 Å². The van der Waals surface area contributed by atoms with E-state index >= 15 is 0 Å². The maximum absolute atomic E-state index is 12.2. The third kappa shape index (κ3) is 4.43. The first-order valence-corrected chi connectivity index (χ1v) is 6.93. The van der Waals surface area contributed by atoms with Gasteiger partial charge in [-0.1, -0.05) is 0 Å². The molecule has 21 heavy (non-hydrogen) atoms. The Kier molecular flexibility index (Phi) is 5.72. The van der Waals surface area contributed by atoms with Crippen molar-refractivity contribution in [2.45, 2.75) is 31.7 Å². The molecule has 5 nitrogen and oxygen atoms in total. The predicted molar refractivity (Wildman–Crippen MR) is 82.6 cm³/mol. The van der Waals surface area contributed by atoms with E-state index in [0.29, 0.717) is 22.8 Å². The van der Waals surface area contributed by atoms with E-state index in [1.165, 1.54) is 21.3 Å². The molecule has 1 unspecified atom stereocenters. The molecule has 0 saturated heterocycles. The van der Waals surface area contributed by atoms with Crippen molar-refractivity contribution in [2.75, 3.05) is 21.3 Å². The highest BCUT2D eigenvalue weighted by Gasteiger charge is 2.26. The van der Waals surface area contributed by atoms with Crippen LogP contribution in [0.25, 0.3) is 0 Å². The molecular weight excluding hydrogens is 294 g/mol. The van der Waals surface area contributed by atoms with Gasteiger partial charge in [0.25, 0.3) is 0 Å². The number of nitrogens with one attached hydrogen (secondary N) is 1. The van der Waals surface area contributed by atoms with E-state index in [-0.39, 0.29) is 11.4 Å². The summed E-state index contributed by atoms with van der Waals surface area (Å²) in [6, 6.07) is 3.30. The molecule has 0 radical (unpaired) electrons. The molecular formula is C15H22ClNO4. The lowest BCUT2D eigenvalue weighted by atomic mass is 10.1. The normalized spacial score (nSPS) is 12.5. The number of methoxy groups -OCH3 is 3. The Bertz CT molecular complexity index is 511. The van der Waals surface area contributed by atoms with Crippen LogP contribution in [0, 0.1) is 0 Å². The van der Waals surface area contributed by atoms with Gasteiger partial charge >= 0.3 is 0 Å². The van der Waals surface area contributed by atoms with Crippen LogP contribution in [0.4, 0.5) is 0 Å². The lowest BCUT2D eigenvalue weighted by Crippen LogP contribution is -2.42. The average Bonchev–Trinajstić information content (AvgIpc) is 2.42. The van der Waals surface area contributed by atoms with Gasteiger partial charge in [-0.2, -0.15) is 0 Å². The Balaban J connectivity index is 3.18. The van der Waals surface area contributed by atoms with E-state index in [9.17, 15) is 4.79 Å². The highest BCUT2D eigenvalue weighted by atomic mass is 35.5. The number of carbonyl (C=O) groups is 1. The van der Waals surface area contributed by atoms with Crippen LogP contribution >= 0.6 is 11.6 Å². The van der Waals surface area contributed by atoms with Crippen LogP contribution in [0.5, 0.6) is 17.2 Å². The summed E-state index contributed by atoms with van der Waals surface area (Å²) in [5.74, 6) is 1.17. The highest BCUT2D eigenvalue weighted by molar-refractivity contribution is 6.31. The van der Waals surface area contributed by atoms with Crippen molar-refractivity contribution in [2.24, 2.45) is 0 Å². The maximum atomic E-state index is 12.2. The molecule has 6 heteroatoms. The molecule has 0 aliphatic carbocycles. The molecule has 0 spiro atoms. The summed E-state index contributed by atoms with van der Waals surface area (Å²) < 4.78 is 15.7. The summed E-state index contributed by atoms with van der Waals surface area (Å²) >= 11 is 6.28. The van der Waals surface area contributed by atoms with Crippen LogP contribution in [-0.4, -0.2) is 32.8 Å². The fourth-order valence-corrected chi connectivity index (χ4v) is 2.05. The number of alkyl halides is 1. The number of hydrogen-bond acceptors (Lipinski definition) is 4. The number of amides is 1. The first kappa shape index (κ1) is 17.4. The molecule has 1 N–H and O–H groups in total. The maximum Gasteiger partial charge on any atom is 0.243 e. The first-order valence-electron chi connectivity index (χ1n) is 6.49. The van der Waals surface area contributed by atoms with Gasteiger partial charge in [0, 0.05) is 17.2 Å². The van der Waals surface area contributed by atoms with Gasteiger partial charge in [0.2, 0.25) is 5.91 Å². The summed E-state index contributed by atoms with van der Waals surface area (Å²) in [6.45, 7) is 5.67. The van der Waals surface area contributed by atoms with Crippen LogP contribution in [-0.2, 0) is 4.79 Å². The summed E-state index contributed by atoms with van der Waals surface area (Å²) in [7, 11) is 4.56. The van der Waals surface area contributed by atoms with Crippen molar-refractivity contribution in [3.8, 4) is 17.2 Å². The van der Waals surface area contributed by atoms with Gasteiger partial charge in [0.15, 0.2) is 11.5 Å². The fraction of sp³-hybridized carbons (Fsp3) is 0.533. The number of benzene rings is 1. The molecule has 1 atom stereocenters. The van der Waals surface area contributed by atoms with Gasteiger partial charge in [-0.15, -0.1) is 11.6 Å². The number of ether oxygens (including phenoxy) is 3. The van der Waals surface area contributed by atoms with Gasteiger partial charge in [-0.05, 0) is 26.8 Å². The minimum absolute atomic E-state index is 0.297. The van der Waals surface area contributed by atoms with E-state index < -0.39 is 5.38 Å². The molecule has 1 amide bonds. The highest BCUT2D eigenvalue weighted by Crippen LogP contribution is 2.39. The van der Waals surface area contributed by atoms with Crippen molar-refractivity contribution in [1.29, 1.82) is 0 Å². The number of halogens is 1. The minimum Gasteiger partial charge on any atom is -0.496 e. The zero-order valence-electron chi connectivity index (χ0n) is 13.2. The number of carbonyl (C=O) groups excluding carboxylic acids is 1. The zero-order chi connectivity index (χ0) is 16.2. The number of hydrogen-bond donors (Lipinski definition) is 1. The van der Waals surface area contributed by atoms with Crippen molar-refractivity contribution in [3.63, 3.8) is 0 Å². The SMILES string of the molecule is COc1cc(OC)c(C(Cl)C(=O)NC(C)(C)C)cc1OC. The molecule has 0 aromatic heterocycles. The van der Waals surface area contributed by atoms with E-state index in [0.717, 1.165) is 0 Å². The molecule has 1 aromatic carbocycles. The van der Waals surface area contributed by atoms with Crippen molar-refractivity contribution < 1.29 is 19.0 Å². The largest absolute Gasteiger partial charge is 0.496 e. The van der Waals surface area contributed by atoms with E-state index in [1.807, 2.05) is 20.8 Å². The molecule has 0 heterocycles. The molecule has 118 valence electrons. The Hall–Kier alpha value is -1.62. The van der Waals surface area contributed by atoms with Crippen molar-refractivity contribution in [1.82, 2.24) is 5.32 Å². The molecule has 0 aliphatic heterocycles. The Morgan fingerprint density at radius 1 is 1.05 bits per heavy atom.